The molecule has 144 valence electrons. The van der Waals surface area contributed by atoms with Crippen LogP contribution in [-0.2, 0) is 16.0 Å². The van der Waals surface area contributed by atoms with Crippen LogP contribution in [0.2, 0.25) is 0 Å². The van der Waals surface area contributed by atoms with Crippen LogP contribution in [0.4, 0.5) is 10.5 Å². The second kappa shape index (κ2) is 8.24. The lowest BCUT2D eigenvalue weighted by Gasteiger charge is -2.25. The van der Waals surface area contributed by atoms with Crippen molar-refractivity contribution in [3.05, 3.63) is 46.8 Å². The Hall–Kier alpha value is -2.83. The van der Waals surface area contributed by atoms with Crippen LogP contribution in [0.15, 0.2) is 28.8 Å². The molecule has 1 unspecified atom stereocenters. The van der Waals surface area contributed by atoms with Gasteiger partial charge in [0.1, 0.15) is 5.76 Å². The molecule has 0 radical (unpaired) electrons. The Kier molecular flexibility index (Phi) is 5.78. The third-order valence-corrected chi connectivity index (χ3v) is 4.79. The number of esters is 1. The molecule has 1 aromatic heterocycles. The van der Waals surface area contributed by atoms with Crippen LogP contribution >= 0.6 is 0 Å². The fraction of sp³-hybridized carbons (Fsp3) is 0.450. The Morgan fingerprint density at radius 2 is 2.04 bits per heavy atom. The normalized spacial score (nSPS) is 16.4. The number of aryl methyl sites for hydroxylation is 2. The first-order valence-electron chi connectivity index (χ1n) is 9.24. The highest BCUT2D eigenvalue weighted by Crippen LogP contribution is 2.35. The zero-order chi connectivity index (χ0) is 19.4. The summed E-state index contributed by atoms with van der Waals surface area (Å²) in [5, 5.41) is 6.95. The number of carbonyl (C=O) groups excluding carboxylic acids is 2. The van der Waals surface area contributed by atoms with Crippen molar-refractivity contribution in [3.63, 3.8) is 0 Å². The van der Waals surface area contributed by atoms with Crippen LogP contribution < -0.4 is 5.32 Å². The molecule has 2 heterocycles. The molecule has 1 aliphatic heterocycles. The summed E-state index contributed by atoms with van der Waals surface area (Å²) in [7, 11) is 0. The fourth-order valence-electron chi connectivity index (χ4n) is 3.56. The van der Waals surface area contributed by atoms with Gasteiger partial charge in [-0.15, -0.1) is 0 Å². The van der Waals surface area contributed by atoms with Crippen molar-refractivity contribution < 1.29 is 18.8 Å². The van der Waals surface area contributed by atoms with Crippen LogP contribution in [-0.4, -0.2) is 35.2 Å². The SMILES string of the molecule is CCOC(=O)Cc1ccc(NC(=O)N2CCCC2c2c(C)noc2C)cc1. The van der Waals surface area contributed by atoms with E-state index in [1.807, 2.05) is 30.9 Å². The van der Waals surface area contributed by atoms with Crippen molar-refractivity contribution in [2.24, 2.45) is 0 Å². The van der Waals surface area contributed by atoms with E-state index in [1.54, 1.807) is 19.1 Å². The number of hydrogen-bond acceptors (Lipinski definition) is 5. The first-order chi connectivity index (χ1) is 13.0. The molecule has 0 aliphatic carbocycles. The van der Waals surface area contributed by atoms with E-state index in [0.29, 0.717) is 18.8 Å². The van der Waals surface area contributed by atoms with Gasteiger partial charge in [-0.25, -0.2) is 4.79 Å². The van der Waals surface area contributed by atoms with E-state index < -0.39 is 0 Å². The molecule has 1 aliphatic rings. The minimum Gasteiger partial charge on any atom is -0.466 e. The summed E-state index contributed by atoms with van der Waals surface area (Å²) in [6.45, 7) is 6.63. The van der Waals surface area contributed by atoms with Crippen molar-refractivity contribution >= 4 is 17.7 Å². The summed E-state index contributed by atoms with van der Waals surface area (Å²) < 4.78 is 10.2. The van der Waals surface area contributed by atoms with Gasteiger partial charge in [0.2, 0.25) is 0 Å². The largest absolute Gasteiger partial charge is 0.466 e. The molecule has 0 saturated carbocycles. The fourth-order valence-corrected chi connectivity index (χ4v) is 3.56. The van der Waals surface area contributed by atoms with Gasteiger partial charge in [-0.3, -0.25) is 4.79 Å². The van der Waals surface area contributed by atoms with Gasteiger partial charge < -0.3 is 19.5 Å². The van der Waals surface area contributed by atoms with Gasteiger partial charge in [0, 0.05) is 17.8 Å². The number of nitrogens with zero attached hydrogens (tertiary/aromatic N) is 2. The van der Waals surface area contributed by atoms with Crippen molar-refractivity contribution in [1.29, 1.82) is 0 Å². The zero-order valence-electron chi connectivity index (χ0n) is 15.9. The molecule has 1 fully saturated rings. The number of carbonyl (C=O) groups is 2. The van der Waals surface area contributed by atoms with Crippen LogP contribution in [0.3, 0.4) is 0 Å². The molecule has 2 aromatic rings. The van der Waals surface area contributed by atoms with Crippen molar-refractivity contribution in [3.8, 4) is 0 Å². The second-order valence-electron chi connectivity index (χ2n) is 6.70. The minimum absolute atomic E-state index is 0.0145. The molecule has 27 heavy (non-hydrogen) atoms. The molecule has 1 atom stereocenters. The van der Waals surface area contributed by atoms with Crippen LogP contribution in [0.1, 0.15) is 48.4 Å². The number of likely N-dealkylation sites (tertiary alicyclic amines) is 1. The van der Waals surface area contributed by atoms with E-state index in [2.05, 4.69) is 10.5 Å². The number of rotatable bonds is 5. The number of hydrogen-bond donors (Lipinski definition) is 1. The third kappa shape index (κ3) is 4.30. The highest BCUT2D eigenvalue weighted by molar-refractivity contribution is 5.90. The van der Waals surface area contributed by atoms with Gasteiger partial charge in [-0.2, -0.15) is 0 Å². The van der Waals surface area contributed by atoms with Gasteiger partial charge >= 0.3 is 12.0 Å². The number of ether oxygens (including phenoxy) is 1. The Morgan fingerprint density at radius 3 is 2.67 bits per heavy atom. The van der Waals surface area contributed by atoms with Gasteiger partial charge in [0.15, 0.2) is 0 Å². The molecular formula is C20H25N3O4. The Labute approximate surface area is 158 Å². The standard InChI is InChI=1S/C20H25N3O4/c1-4-26-18(24)12-15-7-9-16(10-8-15)21-20(25)23-11-5-6-17(23)19-13(2)22-27-14(19)3/h7-10,17H,4-6,11-12H2,1-3H3,(H,21,25). The van der Waals surface area contributed by atoms with Gasteiger partial charge in [-0.1, -0.05) is 17.3 Å². The molecule has 7 nitrogen and oxygen atoms in total. The van der Waals surface area contributed by atoms with Gasteiger partial charge in [0.25, 0.3) is 0 Å². The van der Waals surface area contributed by atoms with E-state index in [0.717, 1.165) is 35.4 Å². The Morgan fingerprint density at radius 1 is 1.30 bits per heavy atom. The lowest BCUT2D eigenvalue weighted by Crippen LogP contribution is -2.34. The first kappa shape index (κ1) is 18.9. The lowest BCUT2D eigenvalue weighted by atomic mass is 10.0. The molecule has 2 amide bonds. The predicted octanol–water partition coefficient (Wildman–Crippen LogP) is 3.77. The first-order valence-corrected chi connectivity index (χ1v) is 9.24. The average Bonchev–Trinajstić information content (AvgIpc) is 3.23. The van der Waals surface area contributed by atoms with Crippen molar-refractivity contribution in [2.45, 2.75) is 46.1 Å². The summed E-state index contributed by atoms with van der Waals surface area (Å²) in [5.74, 6) is 0.508. The molecule has 1 aromatic carbocycles. The molecule has 0 bridgehead atoms. The number of aromatic nitrogens is 1. The van der Waals surface area contributed by atoms with Crippen LogP contribution in [0.25, 0.3) is 0 Å². The topological polar surface area (TPSA) is 84.7 Å². The van der Waals surface area contributed by atoms with E-state index >= 15 is 0 Å². The number of benzene rings is 1. The quantitative estimate of drug-likeness (QED) is 0.809. The monoisotopic (exact) mass is 371 g/mol. The molecule has 0 spiro atoms. The van der Waals surface area contributed by atoms with Crippen molar-refractivity contribution in [1.82, 2.24) is 10.1 Å². The summed E-state index contributed by atoms with van der Waals surface area (Å²) in [6, 6.07) is 7.08. The maximum absolute atomic E-state index is 12.8. The van der Waals surface area contributed by atoms with Crippen LogP contribution in [0, 0.1) is 13.8 Å². The number of amides is 2. The minimum atomic E-state index is -0.256. The van der Waals surface area contributed by atoms with E-state index in [9.17, 15) is 9.59 Å². The third-order valence-electron chi connectivity index (χ3n) is 4.79. The van der Waals surface area contributed by atoms with Crippen LogP contribution in [0.5, 0.6) is 0 Å². The summed E-state index contributed by atoms with van der Waals surface area (Å²) in [6.07, 6.45) is 2.07. The van der Waals surface area contributed by atoms with E-state index in [4.69, 9.17) is 9.26 Å². The second-order valence-corrected chi connectivity index (χ2v) is 6.70. The smallest absolute Gasteiger partial charge is 0.322 e. The molecule has 7 heteroatoms. The van der Waals surface area contributed by atoms with E-state index in [1.165, 1.54) is 0 Å². The van der Waals surface area contributed by atoms with Crippen molar-refractivity contribution in [2.75, 3.05) is 18.5 Å². The highest BCUT2D eigenvalue weighted by Gasteiger charge is 2.33. The summed E-state index contributed by atoms with van der Waals surface area (Å²) in [4.78, 5) is 26.2. The lowest BCUT2D eigenvalue weighted by molar-refractivity contribution is -0.142. The maximum Gasteiger partial charge on any atom is 0.322 e. The zero-order valence-corrected chi connectivity index (χ0v) is 15.9. The molecule has 1 saturated heterocycles. The Bertz CT molecular complexity index is 794. The van der Waals surface area contributed by atoms with Gasteiger partial charge in [-0.05, 0) is 51.3 Å². The van der Waals surface area contributed by atoms with Gasteiger partial charge in [0.05, 0.1) is 24.8 Å². The summed E-state index contributed by atoms with van der Waals surface area (Å²) >= 11 is 0. The molecular weight excluding hydrogens is 346 g/mol. The molecule has 1 N–H and O–H groups in total. The average molecular weight is 371 g/mol. The maximum atomic E-state index is 12.8. The number of urea groups is 1. The predicted molar refractivity (Wildman–Crippen MR) is 100 cm³/mol. The van der Waals surface area contributed by atoms with E-state index in [-0.39, 0.29) is 24.5 Å². The number of nitrogens with one attached hydrogen (secondary N) is 1. The Balaban J connectivity index is 1.65. The number of anilines is 1. The highest BCUT2D eigenvalue weighted by atomic mass is 16.5. The summed E-state index contributed by atoms with van der Waals surface area (Å²) in [5.41, 5.74) is 3.38. The molecule has 3 rings (SSSR count).